The zero-order valence-electron chi connectivity index (χ0n) is 19.6. The topological polar surface area (TPSA) is 206 Å². The Labute approximate surface area is 237 Å². The van der Waals surface area contributed by atoms with E-state index >= 15 is 0 Å². The molecule has 5 N–H and O–H groups in total. The number of rotatable bonds is 13. The summed E-state index contributed by atoms with van der Waals surface area (Å²) in [5, 5.41) is 47.3. The average Bonchev–Trinajstić information content (AvgIpc) is 2.87. The van der Waals surface area contributed by atoms with Gasteiger partial charge in [-0.3, -0.25) is 9.59 Å². The van der Waals surface area contributed by atoms with Crippen molar-refractivity contribution < 1.29 is 59.9 Å². The Morgan fingerprint density at radius 3 is 1.42 bits per heavy atom. The fraction of sp³-hybridized carbons (Fsp3) is 0.238. The van der Waals surface area contributed by atoms with Crippen molar-refractivity contribution in [3.63, 3.8) is 0 Å². The molecule has 0 aliphatic heterocycles. The molecule has 2 radical (unpaired) electrons. The number of hydrogen-bond donors (Lipinski definition) is 5. The number of carbonyl (C=O) groups excluding carboxylic acids is 4. The minimum atomic E-state index is -1.49. The van der Waals surface area contributed by atoms with Crippen molar-refractivity contribution in [3.8, 4) is 28.7 Å². The summed E-state index contributed by atoms with van der Waals surface area (Å²) in [5.74, 6) is -5.04. The maximum absolute atomic E-state index is 11.9. The molecule has 0 saturated carbocycles. The molecule has 13 nitrogen and oxygen atoms in total. The van der Waals surface area contributed by atoms with E-state index in [2.05, 4.69) is 0 Å². The molecule has 38 heavy (non-hydrogen) atoms. The van der Waals surface area contributed by atoms with E-state index in [-0.39, 0.29) is 41.0 Å². The highest BCUT2D eigenvalue weighted by Crippen LogP contribution is 2.35. The van der Waals surface area contributed by atoms with Crippen molar-refractivity contribution in [3.05, 3.63) is 41.0 Å². The molecule has 2 aromatic carbocycles. The molecular formula is C21H20Al2O13S2. The van der Waals surface area contributed by atoms with Gasteiger partial charge in [-0.1, -0.05) is 21.6 Å². The first-order valence-electron chi connectivity index (χ1n) is 10.5. The summed E-state index contributed by atoms with van der Waals surface area (Å²) in [7, 11) is 2.60. The van der Waals surface area contributed by atoms with Crippen LogP contribution in [0.2, 0.25) is 0 Å². The lowest BCUT2D eigenvalue weighted by atomic mass is 10.1. The van der Waals surface area contributed by atoms with E-state index in [0.717, 1.165) is 24.3 Å². The molecule has 2 aromatic rings. The largest absolute Gasteiger partial charge is 0.886 e. The van der Waals surface area contributed by atoms with Crippen LogP contribution >= 0.6 is 21.6 Å². The van der Waals surface area contributed by atoms with Crippen LogP contribution in [0.4, 0.5) is 0 Å². The molecular weight excluding hydrogens is 578 g/mol. The molecule has 0 bridgehead atoms. The van der Waals surface area contributed by atoms with Gasteiger partial charge in [0.05, 0.1) is 24.0 Å². The van der Waals surface area contributed by atoms with Crippen molar-refractivity contribution >= 4 is 77.2 Å². The summed E-state index contributed by atoms with van der Waals surface area (Å²) >= 11 is -2.92. The standard InChI is InChI=1S/C8H8O4.C7H6O5.C6H10O4S2.2Al/c1-4-6(9)2-5(8(11)12)3-7(4)10;8-4-1-3(7(11)12)2-5(9)6(4)10;7-5(8)1-3-11-12-4-2-6(9)10;;/h2-3,9-10H,1H3,(H,11,12);1-2,8-10H,(H,11,12);1-4H2,(H,7,8)(H,9,10);;/q;;;2*+2/p-4. The van der Waals surface area contributed by atoms with Gasteiger partial charge in [0.2, 0.25) is 0 Å². The van der Waals surface area contributed by atoms with Gasteiger partial charge in [-0.25, -0.2) is 9.59 Å². The molecule has 0 fully saturated rings. The van der Waals surface area contributed by atoms with Crippen LogP contribution in [0, 0.1) is 6.92 Å². The van der Waals surface area contributed by atoms with Crippen molar-refractivity contribution in [2.24, 2.45) is 0 Å². The zero-order chi connectivity index (χ0) is 28.2. The molecule has 0 amide bonds. The second kappa shape index (κ2) is 15.5. The lowest BCUT2D eigenvalue weighted by Gasteiger charge is -2.08. The molecule has 0 spiro atoms. The third kappa shape index (κ3) is 10.1. The predicted molar refractivity (Wildman–Crippen MR) is 135 cm³/mol. The first-order valence-corrected chi connectivity index (χ1v) is 14.8. The van der Waals surface area contributed by atoms with Gasteiger partial charge in [-0.2, -0.15) is 0 Å². The summed E-state index contributed by atoms with van der Waals surface area (Å²) in [6.07, 6.45) is 0.0406. The number of aromatic hydroxyl groups is 5. The minimum absolute atomic E-state index is 0.0116. The van der Waals surface area contributed by atoms with Gasteiger partial charge in [-0.15, -0.1) is 0 Å². The quantitative estimate of drug-likeness (QED) is 0.0965. The summed E-state index contributed by atoms with van der Waals surface area (Å²) in [6, 6.07) is 4.04. The maximum atomic E-state index is 11.9. The second-order valence-electron chi connectivity index (χ2n) is 7.13. The molecule has 0 atom stereocenters. The number of phenols is 5. The number of hydrogen-bond acceptors (Lipinski definition) is 15. The number of benzene rings is 2. The van der Waals surface area contributed by atoms with Crippen LogP contribution in [0.15, 0.2) is 24.3 Å². The van der Waals surface area contributed by atoms with Crippen molar-refractivity contribution in [2.45, 2.75) is 19.8 Å². The van der Waals surface area contributed by atoms with Crippen LogP contribution in [-0.4, -0.2) is 92.7 Å². The monoisotopic (exact) mass is 598 g/mol. The molecule has 0 aromatic heterocycles. The Morgan fingerprint density at radius 1 is 0.658 bits per heavy atom. The Bertz CT molecular complexity index is 1050. The van der Waals surface area contributed by atoms with Crippen LogP contribution < -0.4 is 0 Å². The van der Waals surface area contributed by atoms with Crippen LogP contribution in [0.3, 0.4) is 0 Å². The molecule has 17 heteroatoms. The van der Waals surface area contributed by atoms with Crippen molar-refractivity contribution in [1.82, 2.24) is 0 Å². The van der Waals surface area contributed by atoms with Crippen molar-refractivity contribution in [2.75, 3.05) is 11.5 Å². The lowest BCUT2D eigenvalue weighted by Crippen LogP contribution is -2.16. The van der Waals surface area contributed by atoms with Crippen LogP contribution in [0.1, 0.15) is 39.1 Å². The Morgan fingerprint density at radius 2 is 1.03 bits per heavy atom. The summed E-state index contributed by atoms with van der Waals surface area (Å²) in [5.41, 5.74) is -0.109. The smallest absolute Gasteiger partial charge is 0.589 e. The summed E-state index contributed by atoms with van der Waals surface area (Å²) in [4.78, 5) is 47.2. The SMILES string of the molecule is Cc1c(O)cc(C(=O)[O][Al][O]C(=O)CCSSCCC(=O)[O][Al][O]C(=O)c2cc(O)c(O)c(O)c2)cc1O. The van der Waals surface area contributed by atoms with Gasteiger partial charge in [0, 0.05) is 17.1 Å². The fourth-order valence-electron chi connectivity index (χ4n) is 2.39. The second-order valence-corrected chi connectivity index (χ2v) is 11.2. The van der Waals surface area contributed by atoms with E-state index < -0.39 is 72.9 Å². The molecule has 0 aliphatic carbocycles. The Balaban J connectivity index is 1.52. The first kappa shape index (κ1) is 31.3. The van der Waals surface area contributed by atoms with E-state index in [0.29, 0.717) is 11.5 Å². The summed E-state index contributed by atoms with van der Waals surface area (Å²) < 4.78 is 19.4. The molecule has 0 aliphatic rings. The third-order valence-electron chi connectivity index (χ3n) is 4.43. The Kier molecular flexibility index (Phi) is 12.8. The fourth-order valence-corrected chi connectivity index (χ4v) is 5.32. The number of phenolic OH excluding ortho intramolecular Hbond substituents is 5. The minimum Gasteiger partial charge on any atom is -0.589 e. The van der Waals surface area contributed by atoms with E-state index in [1.54, 1.807) is 0 Å². The van der Waals surface area contributed by atoms with E-state index in [1.165, 1.54) is 28.5 Å². The van der Waals surface area contributed by atoms with E-state index in [4.69, 9.17) is 15.2 Å². The van der Waals surface area contributed by atoms with Gasteiger partial charge < -0.3 is 40.7 Å². The van der Waals surface area contributed by atoms with E-state index in [9.17, 15) is 44.7 Å². The van der Waals surface area contributed by atoms with Crippen LogP contribution in [-0.2, 0) is 24.7 Å². The molecule has 0 saturated heterocycles. The highest BCUT2D eigenvalue weighted by atomic mass is 33.1. The normalized spacial score (nSPS) is 10.2. The van der Waals surface area contributed by atoms with Crippen molar-refractivity contribution in [1.29, 1.82) is 0 Å². The number of carbonyl (C=O) groups is 4. The van der Waals surface area contributed by atoms with Gasteiger partial charge in [0.25, 0.3) is 11.9 Å². The first-order chi connectivity index (χ1) is 18.0. The van der Waals surface area contributed by atoms with Gasteiger partial charge in [-0.05, 0) is 31.2 Å². The predicted octanol–water partition coefficient (Wildman–Crippen LogP) is 1.85. The highest BCUT2D eigenvalue weighted by molar-refractivity contribution is 8.76. The van der Waals surface area contributed by atoms with Crippen LogP contribution in [0.5, 0.6) is 28.7 Å². The molecule has 2 rings (SSSR count). The molecule has 0 heterocycles. The zero-order valence-corrected chi connectivity index (χ0v) is 23.6. The lowest BCUT2D eigenvalue weighted by molar-refractivity contribution is -0.135. The third-order valence-corrected chi connectivity index (χ3v) is 8.17. The average molecular weight is 598 g/mol. The highest BCUT2D eigenvalue weighted by Gasteiger charge is 2.19. The van der Waals surface area contributed by atoms with Gasteiger partial charge in [0.15, 0.2) is 17.2 Å². The molecule has 200 valence electrons. The van der Waals surface area contributed by atoms with Crippen LogP contribution in [0.25, 0.3) is 0 Å². The summed E-state index contributed by atoms with van der Waals surface area (Å²) in [6.45, 7) is 1.47. The van der Waals surface area contributed by atoms with E-state index in [1.807, 2.05) is 0 Å². The Hall–Kier alpha value is -2.92. The van der Waals surface area contributed by atoms with Gasteiger partial charge in [0.1, 0.15) is 11.5 Å². The maximum Gasteiger partial charge on any atom is 0.886 e. The molecule has 0 unspecified atom stereocenters. The van der Waals surface area contributed by atoms with Gasteiger partial charge >= 0.3 is 43.7 Å².